The first kappa shape index (κ1) is 19.2. The highest BCUT2D eigenvalue weighted by molar-refractivity contribution is 5.74. The SMILES string of the molecule is CC(c1ccc2[nH]ccc2n1)N(C)c1nccc(NCCC(N=N)C2CC2F)n1. The van der Waals surface area contributed by atoms with Gasteiger partial charge in [-0.05, 0) is 44.0 Å². The molecule has 29 heavy (non-hydrogen) atoms. The third-order valence-electron chi connectivity index (χ3n) is 5.56. The van der Waals surface area contributed by atoms with Gasteiger partial charge in [0.1, 0.15) is 12.0 Å². The van der Waals surface area contributed by atoms with Crippen molar-refractivity contribution >= 4 is 22.8 Å². The van der Waals surface area contributed by atoms with E-state index in [0.717, 1.165) is 16.7 Å². The Kier molecular flexibility index (Phi) is 5.37. The molecule has 1 saturated carbocycles. The monoisotopic (exact) mass is 396 g/mol. The van der Waals surface area contributed by atoms with E-state index in [1.54, 1.807) is 12.3 Å². The average molecular weight is 396 g/mol. The molecule has 4 unspecified atom stereocenters. The highest BCUT2D eigenvalue weighted by atomic mass is 19.1. The summed E-state index contributed by atoms with van der Waals surface area (Å²) in [6.07, 6.45) is 3.93. The summed E-state index contributed by atoms with van der Waals surface area (Å²) in [6, 6.07) is 7.52. The van der Waals surface area contributed by atoms with Crippen molar-refractivity contribution < 1.29 is 4.39 Å². The van der Waals surface area contributed by atoms with E-state index in [2.05, 4.69) is 32.3 Å². The number of aromatic nitrogens is 4. The fourth-order valence-corrected chi connectivity index (χ4v) is 3.47. The molecule has 3 N–H and O–H groups in total. The second-order valence-corrected chi connectivity index (χ2v) is 7.50. The van der Waals surface area contributed by atoms with Gasteiger partial charge >= 0.3 is 0 Å². The molecule has 0 amide bonds. The van der Waals surface area contributed by atoms with Gasteiger partial charge in [0, 0.05) is 31.9 Å². The standard InChI is InChI=1S/C20H25FN8/c1-12(15-3-4-17-18(26-15)6-8-23-17)29(2)20-25-10-7-19(27-20)24-9-5-16(28-22)13-11-14(13)21/h3-4,6-8,10,12-14,16,22-23H,5,9,11H2,1-2H3,(H,24,25,27). The van der Waals surface area contributed by atoms with Crippen LogP contribution in [0, 0.1) is 11.4 Å². The molecule has 0 saturated heterocycles. The molecule has 152 valence electrons. The van der Waals surface area contributed by atoms with Gasteiger partial charge in [-0.15, -0.1) is 0 Å². The van der Waals surface area contributed by atoms with E-state index in [9.17, 15) is 4.39 Å². The van der Waals surface area contributed by atoms with Crippen LogP contribution in [-0.4, -0.2) is 45.7 Å². The van der Waals surface area contributed by atoms with E-state index in [-0.39, 0.29) is 18.0 Å². The molecule has 0 spiro atoms. The van der Waals surface area contributed by atoms with Crippen LogP contribution in [-0.2, 0) is 0 Å². The molecule has 4 atom stereocenters. The van der Waals surface area contributed by atoms with E-state index in [1.807, 2.05) is 36.3 Å². The molecule has 0 aromatic carbocycles. The van der Waals surface area contributed by atoms with Gasteiger partial charge in [-0.3, -0.25) is 0 Å². The van der Waals surface area contributed by atoms with Gasteiger partial charge in [-0.25, -0.2) is 19.9 Å². The fourth-order valence-electron chi connectivity index (χ4n) is 3.47. The number of nitrogens with one attached hydrogen (secondary N) is 3. The summed E-state index contributed by atoms with van der Waals surface area (Å²) >= 11 is 0. The number of H-pyrrole nitrogens is 1. The molecule has 3 aromatic heterocycles. The van der Waals surface area contributed by atoms with Gasteiger partial charge in [-0.2, -0.15) is 10.1 Å². The molecule has 1 aliphatic rings. The Labute approximate surface area is 168 Å². The zero-order valence-electron chi connectivity index (χ0n) is 16.5. The number of hydrogen-bond acceptors (Lipinski definition) is 7. The van der Waals surface area contributed by atoms with Gasteiger partial charge in [0.05, 0.1) is 28.8 Å². The lowest BCUT2D eigenvalue weighted by Gasteiger charge is -2.24. The van der Waals surface area contributed by atoms with Crippen LogP contribution in [0.2, 0.25) is 0 Å². The number of alkyl halides is 1. The molecule has 4 rings (SSSR count). The quantitative estimate of drug-likeness (QED) is 0.472. The predicted molar refractivity (Wildman–Crippen MR) is 110 cm³/mol. The van der Waals surface area contributed by atoms with E-state index >= 15 is 0 Å². The van der Waals surface area contributed by atoms with Crippen LogP contribution >= 0.6 is 0 Å². The topological polar surface area (TPSA) is 106 Å². The van der Waals surface area contributed by atoms with E-state index in [1.165, 1.54) is 0 Å². The second-order valence-electron chi connectivity index (χ2n) is 7.50. The van der Waals surface area contributed by atoms with Crippen molar-refractivity contribution in [1.82, 2.24) is 19.9 Å². The Bertz CT molecular complexity index is 989. The van der Waals surface area contributed by atoms with Crippen LogP contribution in [0.3, 0.4) is 0 Å². The zero-order chi connectivity index (χ0) is 20.4. The minimum absolute atomic E-state index is 0.00704. The van der Waals surface area contributed by atoms with E-state index in [0.29, 0.717) is 31.2 Å². The van der Waals surface area contributed by atoms with E-state index < -0.39 is 6.17 Å². The molecule has 3 aromatic rings. The van der Waals surface area contributed by atoms with Gasteiger partial charge in [0.15, 0.2) is 0 Å². The van der Waals surface area contributed by atoms with Gasteiger partial charge < -0.3 is 15.2 Å². The van der Waals surface area contributed by atoms with Crippen LogP contribution in [0.5, 0.6) is 0 Å². The molecule has 9 heteroatoms. The van der Waals surface area contributed by atoms with Crippen molar-refractivity contribution in [3.05, 3.63) is 42.4 Å². The van der Waals surface area contributed by atoms with Crippen molar-refractivity contribution in [2.24, 2.45) is 11.0 Å². The minimum atomic E-state index is -0.797. The molecule has 8 nitrogen and oxygen atoms in total. The molecule has 1 fully saturated rings. The van der Waals surface area contributed by atoms with Crippen LogP contribution in [0.1, 0.15) is 31.5 Å². The third kappa shape index (κ3) is 4.18. The van der Waals surface area contributed by atoms with Crippen LogP contribution in [0.15, 0.2) is 41.8 Å². The third-order valence-corrected chi connectivity index (χ3v) is 5.56. The summed E-state index contributed by atoms with van der Waals surface area (Å²) in [6.45, 7) is 2.64. The van der Waals surface area contributed by atoms with E-state index in [4.69, 9.17) is 10.5 Å². The Balaban J connectivity index is 1.39. The van der Waals surface area contributed by atoms with Gasteiger partial charge in [0.25, 0.3) is 0 Å². The minimum Gasteiger partial charge on any atom is -0.370 e. The summed E-state index contributed by atoms with van der Waals surface area (Å²) in [5.74, 6) is 1.19. The number of aromatic amines is 1. The number of halogens is 1. The Hall–Kier alpha value is -3.10. The molecule has 3 heterocycles. The van der Waals surface area contributed by atoms with Crippen molar-refractivity contribution in [2.45, 2.75) is 38.0 Å². The summed E-state index contributed by atoms with van der Waals surface area (Å²) in [4.78, 5) is 18.8. The normalized spacial score (nSPS) is 20.2. The number of nitrogens with zero attached hydrogens (tertiary/aromatic N) is 5. The summed E-state index contributed by atoms with van der Waals surface area (Å²) in [5, 5.41) is 6.81. The molecule has 0 bridgehead atoms. The van der Waals surface area contributed by atoms with Gasteiger partial charge in [-0.1, -0.05) is 0 Å². The maximum absolute atomic E-state index is 13.2. The summed E-state index contributed by atoms with van der Waals surface area (Å²) in [5.41, 5.74) is 10.1. The number of hydrogen-bond donors (Lipinski definition) is 3. The molecule has 0 aliphatic heterocycles. The molecule has 0 radical (unpaired) electrons. The lowest BCUT2D eigenvalue weighted by Crippen LogP contribution is -2.25. The molecular weight excluding hydrogens is 371 g/mol. The van der Waals surface area contributed by atoms with Crippen LogP contribution < -0.4 is 10.2 Å². The first-order valence-electron chi connectivity index (χ1n) is 9.81. The first-order valence-corrected chi connectivity index (χ1v) is 9.81. The second kappa shape index (κ2) is 8.10. The summed E-state index contributed by atoms with van der Waals surface area (Å²) in [7, 11) is 1.94. The Morgan fingerprint density at radius 1 is 1.34 bits per heavy atom. The molecule has 1 aliphatic carbocycles. The van der Waals surface area contributed by atoms with Crippen LogP contribution in [0.4, 0.5) is 16.2 Å². The average Bonchev–Trinajstić information content (AvgIpc) is 3.27. The van der Waals surface area contributed by atoms with Crippen molar-refractivity contribution in [2.75, 3.05) is 23.8 Å². The maximum atomic E-state index is 13.2. The predicted octanol–water partition coefficient (Wildman–Crippen LogP) is 4.11. The summed E-state index contributed by atoms with van der Waals surface area (Å²) < 4.78 is 13.2. The number of pyridine rings is 1. The lowest BCUT2D eigenvalue weighted by molar-refractivity contribution is 0.404. The van der Waals surface area contributed by atoms with Crippen molar-refractivity contribution in [3.8, 4) is 0 Å². The smallest absolute Gasteiger partial charge is 0.227 e. The van der Waals surface area contributed by atoms with Crippen molar-refractivity contribution in [3.63, 3.8) is 0 Å². The lowest BCUT2D eigenvalue weighted by atomic mass is 10.1. The number of anilines is 2. The Morgan fingerprint density at radius 2 is 2.17 bits per heavy atom. The number of rotatable bonds is 9. The zero-order valence-corrected chi connectivity index (χ0v) is 16.5. The highest BCUT2D eigenvalue weighted by Gasteiger charge is 2.43. The maximum Gasteiger partial charge on any atom is 0.227 e. The van der Waals surface area contributed by atoms with Crippen LogP contribution in [0.25, 0.3) is 11.0 Å². The largest absolute Gasteiger partial charge is 0.370 e. The first-order chi connectivity index (χ1) is 14.1. The van der Waals surface area contributed by atoms with Gasteiger partial charge in [0.2, 0.25) is 5.95 Å². The number of fused-ring (bicyclic) bond motifs is 1. The van der Waals surface area contributed by atoms with Crippen molar-refractivity contribution in [1.29, 1.82) is 5.53 Å². The highest BCUT2D eigenvalue weighted by Crippen LogP contribution is 2.39. The fraction of sp³-hybridized carbons (Fsp3) is 0.450. The Morgan fingerprint density at radius 3 is 2.93 bits per heavy atom. The molecular formula is C20H25FN8.